The second-order valence-electron chi connectivity index (χ2n) is 4.74. The number of aliphatic carboxylic acids is 1. The van der Waals surface area contributed by atoms with Crippen molar-refractivity contribution in [2.45, 2.75) is 31.5 Å². The molecule has 2 rings (SSSR count). The van der Waals surface area contributed by atoms with Crippen LogP contribution in [0.15, 0.2) is 24.3 Å². The van der Waals surface area contributed by atoms with E-state index in [-0.39, 0.29) is 11.7 Å². The maximum Gasteiger partial charge on any atom is 0.332 e. The monoisotopic (exact) mass is 279 g/mol. The first kappa shape index (κ1) is 14.3. The average Bonchev–Trinajstić information content (AvgIpc) is 2.91. The molecule has 0 unspecified atom stereocenters. The number of hydrogen-bond donors (Lipinski definition) is 3. The van der Waals surface area contributed by atoms with Gasteiger partial charge in [0, 0.05) is 6.54 Å². The molecule has 6 heteroatoms. The van der Waals surface area contributed by atoms with Gasteiger partial charge in [0.2, 0.25) is 5.91 Å². The highest BCUT2D eigenvalue weighted by atomic mass is 16.5. The van der Waals surface area contributed by atoms with Gasteiger partial charge in [-0.15, -0.1) is 0 Å². The molecule has 1 aliphatic heterocycles. The van der Waals surface area contributed by atoms with Crippen LogP contribution in [0.25, 0.3) is 0 Å². The van der Waals surface area contributed by atoms with Crippen molar-refractivity contribution in [1.29, 1.82) is 0 Å². The molecule has 1 aliphatic rings. The maximum absolute atomic E-state index is 11.8. The van der Waals surface area contributed by atoms with E-state index in [1.165, 1.54) is 0 Å². The lowest BCUT2D eigenvalue weighted by atomic mass is 10.1. The van der Waals surface area contributed by atoms with E-state index in [9.17, 15) is 9.59 Å². The smallest absolute Gasteiger partial charge is 0.332 e. The molecule has 1 amide bonds. The fraction of sp³-hybridized carbons (Fsp3) is 0.429. The molecular weight excluding hydrogens is 262 g/mol. The SMILES string of the molecule is O=C(NCCc1ccc(O)cc1)[C@@H]1CC[C@H](C(=O)O)O1. The molecule has 1 aromatic rings. The number of rotatable bonds is 5. The lowest BCUT2D eigenvalue weighted by Crippen LogP contribution is -2.36. The summed E-state index contributed by atoms with van der Waals surface area (Å²) in [6.07, 6.45) is -0.104. The Morgan fingerprint density at radius 2 is 1.85 bits per heavy atom. The van der Waals surface area contributed by atoms with Crippen LogP contribution in [0.2, 0.25) is 0 Å². The highest BCUT2D eigenvalue weighted by molar-refractivity contribution is 5.82. The van der Waals surface area contributed by atoms with Crippen LogP contribution in [0.3, 0.4) is 0 Å². The minimum Gasteiger partial charge on any atom is -0.508 e. The molecule has 0 radical (unpaired) electrons. The van der Waals surface area contributed by atoms with Crippen LogP contribution in [0.1, 0.15) is 18.4 Å². The molecule has 2 atom stereocenters. The standard InChI is InChI=1S/C14H17NO5/c16-10-3-1-9(2-4-10)7-8-15-13(17)11-5-6-12(20-11)14(18)19/h1-4,11-12,16H,5-8H2,(H,15,17)(H,18,19)/t11-,12+/m0/s1. The van der Waals surface area contributed by atoms with Gasteiger partial charge in [-0.05, 0) is 37.0 Å². The van der Waals surface area contributed by atoms with E-state index in [4.69, 9.17) is 14.9 Å². The fourth-order valence-electron chi connectivity index (χ4n) is 2.12. The summed E-state index contributed by atoms with van der Waals surface area (Å²) in [6.45, 7) is 0.446. The summed E-state index contributed by atoms with van der Waals surface area (Å²) in [5, 5.41) is 20.7. The molecular formula is C14H17NO5. The predicted molar refractivity (Wildman–Crippen MR) is 70.4 cm³/mol. The summed E-state index contributed by atoms with van der Waals surface area (Å²) >= 11 is 0. The summed E-state index contributed by atoms with van der Waals surface area (Å²) < 4.78 is 5.16. The van der Waals surface area contributed by atoms with Crippen LogP contribution in [-0.2, 0) is 20.7 Å². The number of carboxylic acid groups (broad SMARTS) is 1. The van der Waals surface area contributed by atoms with Crippen LogP contribution in [0.5, 0.6) is 5.75 Å². The third kappa shape index (κ3) is 3.71. The van der Waals surface area contributed by atoms with Crippen molar-refractivity contribution in [2.24, 2.45) is 0 Å². The zero-order valence-electron chi connectivity index (χ0n) is 10.9. The van der Waals surface area contributed by atoms with Gasteiger partial charge in [0.1, 0.15) is 11.9 Å². The van der Waals surface area contributed by atoms with Crippen molar-refractivity contribution < 1.29 is 24.5 Å². The molecule has 6 nitrogen and oxygen atoms in total. The van der Waals surface area contributed by atoms with E-state index < -0.39 is 18.2 Å². The number of phenolic OH excluding ortho intramolecular Hbond substituents is 1. The summed E-state index contributed by atoms with van der Waals surface area (Å²) in [5.41, 5.74) is 0.999. The van der Waals surface area contributed by atoms with Gasteiger partial charge in [0.25, 0.3) is 0 Å². The Bertz CT molecular complexity index is 485. The Morgan fingerprint density at radius 3 is 2.45 bits per heavy atom. The molecule has 0 aromatic heterocycles. The first-order chi connectivity index (χ1) is 9.56. The largest absolute Gasteiger partial charge is 0.508 e. The van der Waals surface area contributed by atoms with Crippen molar-refractivity contribution in [3.63, 3.8) is 0 Å². The summed E-state index contributed by atoms with van der Waals surface area (Å²) in [5.74, 6) is -1.09. The van der Waals surface area contributed by atoms with E-state index in [1.807, 2.05) is 0 Å². The third-order valence-electron chi connectivity index (χ3n) is 3.24. The van der Waals surface area contributed by atoms with E-state index >= 15 is 0 Å². The summed E-state index contributed by atoms with van der Waals surface area (Å²) in [4.78, 5) is 22.5. The zero-order chi connectivity index (χ0) is 14.5. The fourth-order valence-corrected chi connectivity index (χ4v) is 2.12. The quantitative estimate of drug-likeness (QED) is 0.736. The van der Waals surface area contributed by atoms with Crippen LogP contribution in [0.4, 0.5) is 0 Å². The number of aromatic hydroxyl groups is 1. The lowest BCUT2D eigenvalue weighted by Gasteiger charge is -2.11. The second-order valence-corrected chi connectivity index (χ2v) is 4.74. The molecule has 1 saturated heterocycles. The molecule has 0 spiro atoms. The molecule has 0 bridgehead atoms. The van der Waals surface area contributed by atoms with Gasteiger partial charge in [-0.3, -0.25) is 4.79 Å². The van der Waals surface area contributed by atoms with Crippen LogP contribution >= 0.6 is 0 Å². The molecule has 1 aromatic carbocycles. The van der Waals surface area contributed by atoms with Crippen molar-refractivity contribution in [2.75, 3.05) is 6.54 Å². The van der Waals surface area contributed by atoms with Crippen molar-refractivity contribution in [1.82, 2.24) is 5.32 Å². The van der Waals surface area contributed by atoms with E-state index in [1.54, 1.807) is 24.3 Å². The van der Waals surface area contributed by atoms with E-state index in [0.717, 1.165) is 5.56 Å². The van der Waals surface area contributed by atoms with Crippen LogP contribution in [0, 0.1) is 0 Å². The van der Waals surface area contributed by atoms with Crippen LogP contribution in [-0.4, -0.2) is 40.8 Å². The van der Waals surface area contributed by atoms with Gasteiger partial charge in [-0.2, -0.15) is 0 Å². The number of carbonyl (C=O) groups excluding carboxylic acids is 1. The second kappa shape index (κ2) is 6.38. The lowest BCUT2D eigenvalue weighted by molar-refractivity contribution is -0.151. The number of ether oxygens (including phenoxy) is 1. The van der Waals surface area contributed by atoms with Crippen molar-refractivity contribution in [3.05, 3.63) is 29.8 Å². The minimum atomic E-state index is -1.02. The number of carbonyl (C=O) groups is 2. The number of hydrogen-bond acceptors (Lipinski definition) is 4. The predicted octanol–water partition coefficient (Wildman–Crippen LogP) is 0.683. The molecule has 108 valence electrons. The van der Waals surface area contributed by atoms with Gasteiger partial charge in [-0.1, -0.05) is 12.1 Å². The number of nitrogens with one attached hydrogen (secondary N) is 1. The Balaban J connectivity index is 1.73. The Hall–Kier alpha value is -2.08. The molecule has 3 N–H and O–H groups in total. The van der Waals surface area contributed by atoms with Crippen LogP contribution < -0.4 is 5.32 Å². The summed E-state index contributed by atoms with van der Waals surface area (Å²) in [7, 11) is 0. The number of phenols is 1. The Labute approximate surface area is 116 Å². The molecule has 0 saturated carbocycles. The van der Waals surface area contributed by atoms with E-state index in [0.29, 0.717) is 25.8 Å². The van der Waals surface area contributed by atoms with Crippen molar-refractivity contribution in [3.8, 4) is 5.75 Å². The average molecular weight is 279 g/mol. The minimum absolute atomic E-state index is 0.205. The van der Waals surface area contributed by atoms with Gasteiger partial charge >= 0.3 is 5.97 Å². The topological polar surface area (TPSA) is 95.9 Å². The number of amides is 1. The first-order valence-electron chi connectivity index (χ1n) is 6.50. The zero-order valence-corrected chi connectivity index (χ0v) is 10.9. The highest BCUT2D eigenvalue weighted by Crippen LogP contribution is 2.19. The van der Waals surface area contributed by atoms with Gasteiger partial charge < -0.3 is 20.3 Å². The maximum atomic E-state index is 11.8. The Kier molecular flexibility index (Phi) is 4.57. The molecule has 1 heterocycles. The van der Waals surface area contributed by atoms with Gasteiger partial charge in [-0.25, -0.2) is 4.79 Å². The van der Waals surface area contributed by atoms with Gasteiger partial charge in [0.15, 0.2) is 6.10 Å². The normalized spacial score (nSPS) is 21.6. The molecule has 20 heavy (non-hydrogen) atoms. The van der Waals surface area contributed by atoms with Gasteiger partial charge in [0.05, 0.1) is 0 Å². The number of benzene rings is 1. The summed E-state index contributed by atoms with van der Waals surface area (Å²) in [6, 6.07) is 6.76. The van der Waals surface area contributed by atoms with E-state index in [2.05, 4.69) is 5.32 Å². The Morgan fingerprint density at radius 1 is 1.20 bits per heavy atom. The third-order valence-corrected chi connectivity index (χ3v) is 3.24. The number of carboxylic acids is 1. The molecule has 1 fully saturated rings. The first-order valence-corrected chi connectivity index (χ1v) is 6.50. The molecule has 0 aliphatic carbocycles. The van der Waals surface area contributed by atoms with Crippen molar-refractivity contribution >= 4 is 11.9 Å². The highest BCUT2D eigenvalue weighted by Gasteiger charge is 2.34.